The Balaban J connectivity index is 2.53. The number of rotatable bonds is 2. The lowest BCUT2D eigenvalue weighted by molar-refractivity contribution is -0.112. The van der Waals surface area contributed by atoms with Gasteiger partial charge in [0.25, 0.3) is 0 Å². The van der Waals surface area contributed by atoms with Crippen LogP contribution in [0, 0.1) is 0 Å². The largest absolute Gasteiger partial charge is 0.295 e. The summed E-state index contributed by atoms with van der Waals surface area (Å²) >= 11 is 0. The van der Waals surface area contributed by atoms with Crippen LogP contribution in [0.4, 0.5) is 0 Å². The Labute approximate surface area is 60.7 Å². The first kappa shape index (κ1) is 7.00. The Hall–Kier alpha value is -1.11. The fourth-order valence-corrected chi connectivity index (χ4v) is 0.813. The Morgan fingerprint density at radius 1 is 1.70 bits per heavy atom. The first-order valence-corrected chi connectivity index (χ1v) is 3.34. The van der Waals surface area contributed by atoms with Crippen LogP contribution in [0.3, 0.4) is 0 Å². The topological polar surface area (TPSA) is 17.1 Å². The maximum absolute atomic E-state index is 10.5. The fraction of sp³-hybridized carbons (Fsp3) is 0.222. The van der Waals surface area contributed by atoms with E-state index in [2.05, 4.69) is 12.2 Å². The molecule has 1 aliphatic rings. The van der Waals surface area contributed by atoms with E-state index in [-0.39, 0.29) is 5.78 Å². The number of carbonyl (C=O) groups is 1. The fourth-order valence-electron chi connectivity index (χ4n) is 0.813. The second-order valence-corrected chi connectivity index (χ2v) is 2.29. The molecule has 0 fully saturated rings. The molecule has 0 unspecified atom stereocenters. The van der Waals surface area contributed by atoms with Crippen LogP contribution in [0.5, 0.6) is 0 Å². The van der Waals surface area contributed by atoms with E-state index in [0.29, 0.717) is 0 Å². The SMILES string of the molecule is CC(=O)/C=C/C1=CCC=C1. The van der Waals surface area contributed by atoms with Gasteiger partial charge in [-0.25, -0.2) is 0 Å². The number of allylic oxidation sites excluding steroid dienone is 6. The van der Waals surface area contributed by atoms with E-state index >= 15 is 0 Å². The van der Waals surface area contributed by atoms with Crippen molar-refractivity contribution in [2.24, 2.45) is 0 Å². The number of ketones is 1. The van der Waals surface area contributed by atoms with Gasteiger partial charge in [-0.15, -0.1) is 0 Å². The van der Waals surface area contributed by atoms with E-state index in [9.17, 15) is 4.79 Å². The minimum absolute atomic E-state index is 0.0983. The zero-order chi connectivity index (χ0) is 7.40. The number of hydrogen-bond donors (Lipinski definition) is 0. The molecule has 10 heavy (non-hydrogen) atoms. The highest BCUT2D eigenvalue weighted by molar-refractivity contribution is 5.87. The molecule has 0 radical (unpaired) electrons. The van der Waals surface area contributed by atoms with Gasteiger partial charge >= 0.3 is 0 Å². The molecule has 0 amide bonds. The van der Waals surface area contributed by atoms with E-state index < -0.39 is 0 Å². The van der Waals surface area contributed by atoms with Crippen molar-refractivity contribution < 1.29 is 4.79 Å². The summed E-state index contributed by atoms with van der Waals surface area (Å²) in [5.41, 5.74) is 1.13. The van der Waals surface area contributed by atoms with Crippen LogP contribution < -0.4 is 0 Å². The summed E-state index contributed by atoms with van der Waals surface area (Å²) in [5.74, 6) is 0.0983. The predicted octanol–water partition coefficient (Wildman–Crippen LogP) is 2.02. The maximum Gasteiger partial charge on any atom is 0.152 e. The molecule has 1 rings (SSSR count). The van der Waals surface area contributed by atoms with Crippen molar-refractivity contribution in [1.82, 2.24) is 0 Å². The highest BCUT2D eigenvalue weighted by Gasteiger charge is 1.91. The highest BCUT2D eigenvalue weighted by atomic mass is 16.1. The van der Waals surface area contributed by atoms with E-state index in [1.54, 1.807) is 13.0 Å². The van der Waals surface area contributed by atoms with E-state index in [0.717, 1.165) is 12.0 Å². The van der Waals surface area contributed by atoms with Crippen molar-refractivity contribution in [2.45, 2.75) is 13.3 Å². The molecular formula is C9H10O. The zero-order valence-corrected chi connectivity index (χ0v) is 6.00. The van der Waals surface area contributed by atoms with Crippen molar-refractivity contribution in [3.63, 3.8) is 0 Å². The molecule has 0 aromatic heterocycles. The van der Waals surface area contributed by atoms with Crippen LogP contribution in [0.25, 0.3) is 0 Å². The molecule has 0 N–H and O–H groups in total. The second kappa shape index (κ2) is 3.16. The van der Waals surface area contributed by atoms with Crippen LogP contribution in [0.1, 0.15) is 13.3 Å². The molecule has 0 atom stereocenters. The lowest BCUT2D eigenvalue weighted by Gasteiger charge is -1.83. The minimum atomic E-state index is 0.0983. The molecule has 1 aliphatic carbocycles. The summed E-state index contributed by atoms with van der Waals surface area (Å²) in [4.78, 5) is 10.5. The van der Waals surface area contributed by atoms with Gasteiger partial charge in [0.1, 0.15) is 0 Å². The van der Waals surface area contributed by atoms with E-state index in [4.69, 9.17) is 0 Å². The van der Waals surface area contributed by atoms with E-state index in [1.807, 2.05) is 12.2 Å². The van der Waals surface area contributed by atoms with Crippen LogP contribution in [0.2, 0.25) is 0 Å². The van der Waals surface area contributed by atoms with Gasteiger partial charge in [-0.1, -0.05) is 24.3 Å². The average molecular weight is 134 g/mol. The molecule has 1 nitrogen and oxygen atoms in total. The summed E-state index contributed by atoms with van der Waals surface area (Å²) < 4.78 is 0. The Morgan fingerprint density at radius 3 is 3.00 bits per heavy atom. The summed E-state index contributed by atoms with van der Waals surface area (Å²) in [6.07, 6.45) is 10.6. The molecule has 0 aromatic carbocycles. The maximum atomic E-state index is 10.5. The molecule has 0 heterocycles. The lowest BCUT2D eigenvalue weighted by atomic mass is 10.2. The minimum Gasteiger partial charge on any atom is -0.295 e. The summed E-state index contributed by atoms with van der Waals surface area (Å²) in [7, 11) is 0. The van der Waals surface area contributed by atoms with Crippen molar-refractivity contribution in [3.05, 3.63) is 36.0 Å². The molecule has 0 spiro atoms. The van der Waals surface area contributed by atoms with Gasteiger partial charge < -0.3 is 0 Å². The first-order chi connectivity index (χ1) is 4.79. The van der Waals surface area contributed by atoms with Gasteiger partial charge in [0, 0.05) is 0 Å². The van der Waals surface area contributed by atoms with Crippen LogP contribution in [-0.2, 0) is 4.79 Å². The third-order valence-corrected chi connectivity index (χ3v) is 1.31. The quantitative estimate of drug-likeness (QED) is 0.528. The van der Waals surface area contributed by atoms with Gasteiger partial charge in [0.2, 0.25) is 0 Å². The Kier molecular flexibility index (Phi) is 2.21. The van der Waals surface area contributed by atoms with Gasteiger partial charge in [-0.3, -0.25) is 4.79 Å². The highest BCUT2D eigenvalue weighted by Crippen LogP contribution is 2.09. The van der Waals surface area contributed by atoms with Crippen molar-refractivity contribution in [1.29, 1.82) is 0 Å². The third-order valence-electron chi connectivity index (χ3n) is 1.31. The molecule has 0 aliphatic heterocycles. The summed E-state index contributed by atoms with van der Waals surface area (Å²) in [6, 6.07) is 0. The van der Waals surface area contributed by atoms with Gasteiger partial charge in [0.05, 0.1) is 0 Å². The van der Waals surface area contributed by atoms with Crippen molar-refractivity contribution >= 4 is 5.78 Å². The molecular weight excluding hydrogens is 124 g/mol. The first-order valence-electron chi connectivity index (χ1n) is 3.34. The molecule has 0 bridgehead atoms. The molecule has 52 valence electrons. The lowest BCUT2D eigenvalue weighted by Crippen LogP contribution is -1.79. The number of carbonyl (C=O) groups excluding carboxylic acids is 1. The zero-order valence-electron chi connectivity index (χ0n) is 6.00. The monoisotopic (exact) mass is 134 g/mol. The van der Waals surface area contributed by atoms with Gasteiger partial charge in [0.15, 0.2) is 5.78 Å². The molecule has 0 aromatic rings. The van der Waals surface area contributed by atoms with E-state index in [1.165, 1.54) is 0 Å². The predicted molar refractivity (Wildman–Crippen MR) is 41.7 cm³/mol. The van der Waals surface area contributed by atoms with Gasteiger partial charge in [-0.2, -0.15) is 0 Å². The molecule has 1 heteroatoms. The average Bonchev–Trinajstić information content (AvgIpc) is 2.34. The summed E-state index contributed by atoms with van der Waals surface area (Å²) in [5, 5.41) is 0. The normalized spacial score (nSPS) is 16.3. The van der Waals surface area contributed by atoms with Crippen LogP contribution in [0.15, 0.2) is 36.0 Å². The third kappa shape index (κ3) is 2.02. The summed E-state index contributed by atoms with van der Waals surface area (Å²) in [6.45, 7) is 1.55. The Bertz CT molecular complexity index is 219. The van der Waals surface area contributed by atoms with Crippen LogP contribution in [-0.4, -0.2) is 5.78 Å². The van der Waals surface area contributed by atoms with Crippen LogP contribution >= 0.6 is 0 Å². The second-order valence-electron chi connectivity index (χ2n) is 2.29. The molecule has 0 saturated heterocycles. The van der Waals surface area contributed by atoms with Crippen molar-refractivity contribution in [2.75, 3.05) is 0 Å². The Morgan fingerprint density at radius 2 is 2.50 bits per heavy atom. The standard InChI is InChI=1S/C9H10O/c1-8(10)6-7-9-4-2-3-5-9/h2,4-7H,3H2,1H3/b7-6+. The number of hydrogen-bond acceptors (Lipinski definition) is 1. The van der Waals surface area contributed by atoms with Gasteiger partial charge in [-0.05, 0) is 25.0 Å². The van der Waals surface area contributed by atoms with Crippen molar-refractivity contribution in [3.8, 4) is 0 Å². The molecule has 0 saturated carbocycles. The smallest absolute Gasteiger partial charge is 0.152 e.